The smallest absolute Gasteiger partial charge is 0.157 e. The zero-order valence-electron chi connectivity index (χ0n) is 7.36. The van der Waals surface area contributed by atoms with Crippen molar-refractivity contribution >= 4 is 5.78 Å². The largest absolute Gasteiger partial charge is 0.295 e. The van der Waals surface area contributed by atoms with Crippen molar-refractivity contribution in [2.24, 2.45) is 0 Å². The Hall–Kier alpha value is -0.590. The third kappa shape index (κ3) is 5.84. The molecule has 0 aliphatic rings. The molecular formula is C10H17O. The minimum atomic E-state index is 0.203. The lowest BCUT2D eigenvalue weighted by atomic mass is 10.1. The van der Waals surface area contributed by atoms with Crippen LogP contribution in [-0.4, -0.2) is 5.78 Å². The molecule has 0 aliphatic carbocycles. The van der Waals surface area contributed by atoms with Gasteiger partial charge in [-0.25, -0.2) is 0 Å². The molecule has 0 aliphatic heterocycles. The number of hydrogen-bond donors (Lipinski definition) is 0. The molecule has 0 fully saturated rings. The molecule has 0 rings (SSSR count). The number of unbranched alkanes of at least 4 members (excludes halogenated alkanes) is 3. The van der Waals surface area contributed by atoms with E-state index in [1.54, 1.807) is 6.92 Å². The predicted octanol–water partition coefficient (Wildman–Crippen LogP) is 2.92. The topological polar surface area (TPSA) is 17.1 Å². The van der Waals surface area contributed by atoms with Crippen LogP contribution in [0.25, 0.3) is 0 Å². The number of ketones is 1. The van der Waals surface area contributed by atoms with E-state index in [4.69, 9.17) is 0 Å². The van der Waals surface area contributed by atoms with E-state index >= 15 is 0 Å². The molecule has 0 spiro atoms. The van der Waals surface area contributed by atoms with Gasteiger partial charge < -0.3 is 0 Å². The maximum atomic E-state index is 11.0. The molecule has 1 heteroatoms. The SMILES string of the molecule is [CH2]CCCCCC(=O)C(=C)C. The summed E-state index contributed by atoms with van der Waals surface area (Å²) < 4.78 is 0. The van der Waals surface area contributed by atoms with E-state index in [1.165, 1.54) is 0 Å². The minimum absolute atomic E-state index is 0.203. The Bertz CT molecular complexity index is 136. The number of Topliss-reactive ketones (excluding diaryl/α,β-unsaturated/α-hetero) is 1. The van der Waals surface area contributed by atoms with Crippen molar-refractivity contribution in [3.8, 4) is 0 Å². The normalized spacial score (nSPS) is 9.64. The van der Waals surface area contributed by atoms with Crippen LogP contribution in [0.4, 0.5) is 0 Å². The highest BCUT2D eigenvalue weighted by Crippen LogP contribution is 2.05. The molecule has 0 bridgehead atoms. The van der Waals surface area contributed by atoms with Crippen LogP contribution in [0.1, 0.15) is 39.0 Å². The van der Waals surface area contributed by atoms with Crippen molar-refractivity contribution in [2.45, 2.75) is 39.0 Å². The van der Waals surface area contributed by atoms with Crippen molar-refractivity contribution < 1.29 is 4.79 Å². The Morgan fingerprint density at radius 2 is 1.91 bits per heavy atom. The fourth-order valence-electron chi connectivity index (χ4n) is 0.852. The van der Waals surface area contributed by atoms with E-state index in [0.29, 0.717) is 12.0 Å². The number of carbonyl (C=O) groups is 1. The summed E-state index contributed by atoms with van der Waals surface area (Å²) in [5, 5.41) is 0. The second kappa shape index (κ2) is 6.14. The summed E-state index contributed by atoms with van der Waals surface area (Å²) in [5.41, 5.74) is 0.680. The van der Waals surface area contributed by atoms with E-state index in [1.807, 2.05) is 0 Å². The molecule has 0 amide bonds. The monoisotopic (exact) mass is 153 g/mol. The lowest BCUT2D eigenvalue weighted by Crippen LogP contribution is -1.97. The van der Waals surface area contributed by atoms with E-state index in [0.717, 1.165) is 25.7 Å². The summed E-state index contributed by atoms with van der Waals surface area (Å²) in [4.78, 5) is 11.0. The molecule has 63 valence electrons. The molecular weight excluding hydrogens is 136 g/mol. The van der Waals surface area contributed by atoms with Crippen LogP contribution < -0.4 is 0 Å². The second-order valence-electron chi connectivity index (χ2n) is 2.87. The van der Waals surface area contributed by atoms with E-state index in [2.05, 4.69) is 13.5 Å². The first-order valence-electron chi connectivity index (χ1n) is 4.16. The molecule has 0 saturated heterocycles. The van der Waals surface area contributed by atoms with Gasteiger partial charge in [0.1, 0.15) is 0 Å². The Morgan fingerprint density at radius 3 is 2.36 bits per heavy atom. The van der Waals surface area contributed by atoms with Gasteiger partial charge >= 0.3 is 0 Å². The molecule has 0 aromatic rings. The Kier molecular flexibility index (Phi) is 5.81. The van der Waals surface area contributed by atoms with Gasteiger partial charge in [0.15, 0.2) is 5.78 Å². The Morgan fingerprint density at radius 1 is 1.27 bits per heavy atom. The fourth-order valence-corrected chi connectivity index (χ4v) is 0.852. The minimum Gasteiger partial charge on any atom is -0.295 e. The maximum Gasteiger partial charge on any atom is 0.157 e. The predicted molar refractivity (Wildman–Crippen MR) is 48.3 cm³/mol. The first-order valence-corrected chi connectivity index (χ1v) is 4.16. The van der Waals surface area contributed by atoms with Crippen LogP contribution >= 0.6 is 0 Å². The van der Waals surface area contributed by atoms with Crippen LogP contribution in [0.5, 0.6) is 0 Å². The van der Waals surface area contributed by atoms with Crippen molar-refractivity contribution in [1.82, 2.24) is 0 Å². The first kappa shape index (κ1) is 10.4. The molecule has 0 unspecified atom stereocenters. The van der Waals surface area contributed by atoms with Gasteiger partial charge in [-0.1, -0.05) is 32.8 Å². The first-order chi connectivity index (χ1) is 5.18. The van der Waals surface area contributed by atoms with Crippen LogP contribution in [0.3, 0.4) is 0 Å². The molecule has 0 heterocycles. The number of rotatable bonds is 6. The average Bonchev–Trinajstić information content (AvgIpc) is 1.97. The highest BCUT2D eigenvalue weighted by molar-refractivity contribution is 5.93. The van der Waals surface area contributed by atoms with E-state index in [9.17, 15) is 4.79 Å². The second-order valence-corrected chi connectivity index (χ2v) is 2.87. The lowest BCUT2D eigenvalue weighted by Gasteiger charge is -1.98. The van der Waals surface area contributed by atoms with Gasteiger partial charge in [-0.3, -0.25) is 4.79 Å². The van der Waals surface area contributed by atoms with Gasteiger partial charge in [-0.15, -0.1) is 0 Å². The average molecular weight is 153 g/mol. The summed E-state index contributed by atoms with van der Waals surface area (Å²) in [6.45, 7) is 9.09. The van der Waals surface area contributed by atoms with Crippen LogP contribution in [0, 0.1) is 6.92 Å². The van der Waals surface area contributed by atoms with E-state index in [-0.39, 0.29) is 5.78 Å². The molecule has 0 atom stereocenters. The van der Waals surface area contributed by atoms with Crippen molar-refractivity contribution in [3.63, 3.8) is 0 Å². The summed E-state index contributed by atoms with van der Waals surface area (Å²) in [6.07, 6.45) is 4.86. The van der Waals surface area contributed by atoms with Gasteiger partial charge in [0.25, 0.3) is 0 Å². The molecule has 0 N–H and O–H groups in total. The van der Waals surface area contributed by atoms with Crippen LogP contribution in [0.15, 0.2) is 12.2 Å². The molecule has 0 saturated carbocycles. The molecule has 11 heavy (non-hydrogen) atoms. The van der Waals surface area contributed by atoms with Gasteiger partial charge in [0, 0.05) is 6.42 Å². The maximum absolute atomic E-state index is 11.0. The summed E-state index contributed by atoms with van der Waals surface area (Å²) >= 11 is 0. The van der Waals surface area contributed by atoms with Crippen molar-refractivity contribution in [3.05, 3.63) is 19.1 Å². The number of hydrogen-bond acceptors (Lipinski definition) is 1. The quantitative estimate of drug-likeness (QED) is 0.423. The summed E-state index contributed by atoms with van der Waals surface area (Å²) in [7, 11) is 0. The van der Waals surface area contributed by atoms with Gasteiger partial charge in [-0.05, 0) is 18.9 Å². The van der Waals surface area contributed by atoms with Gasteiger partial charge in [0.05, 0.1) is 0 Å². The fraction of sp³-hybridized carbons (Fsp3) is 0.600. The zero-order valence-corrected chi connectivity index (χ0v) is 7.36. The summed E-state index contributed by atoms with van der Waals surface area (Å²) in [6, 6.07) is 0. The third-order valence-electron chi connectivity index (χ3n) is 1.63. The van der Waals surface area contributed by atoms with Crippen LogP contribution in [0.2, 0.25) is 0 Å². The molecule has 1 nitrogen and oxygen atoms in total. The molecule has 1 radical (unpaired) electrons. The summed E-state index contributed by atoms with van der Waals surface area (Å²) in [5.74, 6) is 0.203. The highest BCUT2D eigenvalue weighted by Gasteiger charge is 2.00. The molecule has 0 aromatic carbocycles. The van der Waals surface area contributed by atoms with Crippen molar-refractivity contribution in [2.75, 3.05) is 0 Å². The Labute approximate surface area is 69.5 Å². The third-order valence-corrected chi connectivity index (χ3v) is 1.63. The van der Waals surface area contributed by atoms with Crippen molar-refractivity contribution in [1.29, 1.82) is 0 Å². The molecule has 0 aromatic heterocycles. The lowest BCUT2D eigenvalue weighted by molar-refractivity contribution is -0.115. The number of carbonyl (C=O) groups excluding carboxylic acids is 1. The number of allylic oxidation sites excluding steroid dienone is 1. The zero-order chi connectivity index (χ0) is 8.69. The Balaban J connectivity index is 3.25. The van der Waals surface area contributed by atoms with Gasteiger partial charge in [0.2, 0.25) is 0 Å². The highest BCUT2D eigenvalue weighted by atomic mass is 16.1. The standard InChI is InChI=1S/C10H17O/c1-4-5-6-7-8-10(11)9(2)3/h1-2,4-8H2,3H3. The van der Waals surface area contributed by atoms with Crippen LogP contribution in [-0.2, 0) is 4.79 Å². The van der Waals surface area contributed by atoms with Gasteiger partial charge in [-0.2, -0.15) is 0 Å². The van der Waals surface area contributed by atoms with E-state index < -0.39 is 0 Å².